The molecular formula is C24H30N2O4S. The number of morpholine rings is 1. The monoisotopic (exact) mass is 442 g/mol. The molecule has 0 saturated carbocycles. The number of carbonyl (C=O) groups is 2. The number of rotatable bonds is 4. The number of amides is 1. The predicted octanol–water partition coefficient (Wildman–Crippen LogP) is 4.69. The van der Waals surface area contributed by atoms with Crippen molar-refractivity contribution in [2.45, 2.75) is 40.0 Å². The van der Waals surface area contributed by atoms with Gasteiger partial charge in [-0.3, -0.25) is 4.79 Å². The van der Waals surface area contributed by atoms with Gasteiger partial charge < -0.3 is 20.1 Å². The van der Waals surface area contributed by atoms with E-state index in [1.807, 2.05) is 12.1 Å². The van der Waals surface area contributed by atoms with Gasteiger partial charge in [0.2, 0.25) is 0 Å². The summed E-state index contributed by atoms with van der Waals surface area (Å²) in [6.07, 6.45) is 2.59. The summed E-state index contributed by atoms with van der Waals surface area (Å²) in [7, 11) is 0. The summed E-state index contributed by atoms with van der Waals surface area (Å²) in [5.74, 6) is -0.733. The van der Waals surface area contributed by atoms with Gasteiger partial charge in [0.05, 0.1) is 18.8 Å². The number of carbonyl (C=O) groups excluding carboxylic acids is 1. The minimum atomic E-state index is -0.968. The zero-order valence-corrected chi connectivity index (χ0v) is 19.2. The van der Waals surface area contributed by atoms with Gasteiger partial charge in [0.1, 0.15) is 5.00 Å². The number of nitrogens with one attached hydrogen (secondary N) is 1. The molecule has 1 saturated heterocycles. The fraction of sp³-hybridized carbons (Fsp3) is 0.500. The first-order valence-corrected chi connectivity index (χ1v) is 11.7. The molecule has 2 heterocycles. The third-order valence-electron chi connectivity index (χ3n) is 6.44. The fourth-order valence-electron chi connectivity index (χ4n) is 4.46. The van der Waals surface area contributed by atoms with Crippen LogP contribution in [0.15, 0.2) is 24.3 Å². The summed E-state index contributed by atoms with van der Waals surface area (Å²) >= 11 is 1.42. The van der Waals surface area contributed by atoms with E-state index in [0.717, 1.165) is 48.5 Å². The molecule has 4 rings (SSSR count). The number of ether oxygens (including phenoxy) is 1. The maximum atomic E-state index is 12.9. The number of carboxylic acids is 1. The molecule has 1 aromatic carbocycles. The molecule has 2 N–H and O–H groups in total. The minimum Gasteiger partial charge on any atom is -0.478 e. The number of fused-ring (bicyclic) bond motifs is 1. The third-order valence-corrected chi connectivity index (χ3v) is 7.61. The minimum absolute atomic E-state index is 0.177. The number of anilines is 2. The second-order valence-electron chi connectivity index (χ2n) is 9.42. The topological polar surface area (TPSA) is 78.9 Å². The standard InChI is InChI=1S/C24H30N2O4S/c1-24(2,3)16-6-9-18-19(14-16)31-22(20(18)23(28)29)25-21(27)15-4-7-17(8-5-15)26-10-12-30-13-11-26/h4-5,7-8,16H,6,9-14H2,1-3H3,(H,25,27)(H,28,29). The van der Waals surface area contributed by atoms with Gasteiger partial charge in [-0.2, -0.15) is 0 Å². The highest BCUT2D eigenvalue weighted by molar-refractivity contribution is 7.17. The van der Waals surface area contributed by atoms with Gasteiger partial charge in [0, 0.05) is 29.2 Å². The summed E-state index contributed by atoms with van der Waals surface area (Å²) in [6, 6.07) is 7.46. The molecule has 2 aromatic rings. The van der Waals surface area contributed by atoms with Gasteiger partial charge >= 0.3 is 5.97 Å². The van der Waals surface area contributed by atoms with E-state index in [1.165, 1.54) is 11.3 Å². The zero-order chi connectivity index (χ0) is 22.2. The normalized spacial score (nSPS) is 19.1. The maximum Gasteiger partial charge on any atom is 0.339 e. The molecule has 2 aliphatic rings. The number of hydrogen-bond donors (Lipinski definition) is 2. The second kappa shape index (κ2) is 8.63. The molecule has 0 bridgehead atoms. The largest absolute Gasteiger partial charge is 0.478 e. The molecule has 7 heteroatoms. The predicted molar refractivity (Wildman–Crippen MR) is 124 cm³/mol. The van der Waals surface area contributed by atoms with Crippen LogP contribution in [0.2, 0.25) is 0 Å². The lowest BCUT2D eigenvalue weighted by Crippen LogP contribution is -2.36. The van der Waals surface area contributed by atoms with Crippen molar-refractivity contribution < 1.29 is 19.4 Å². The Bertz CT molecular complexity index is 969. The molecule has 31 heavy (non-hydrogen) atoms. The average molecular weight is 443 g/mol. The van der Waals surface area contributed by atoms with Crippen LogP contribution in [0.25, 0.3) is 0 Å². The van der Waals surface area contributed by atoms with Crippen molar-refractivity contribution in [1.29, 1.82) is 0 Å². The number of nitrogens with zero attached hydrogens (tertiary/aromatic N) is 1. The third kappa shape index (κ3) is 4.62. The van der Waals surface area contributed by atoms with E-state index < -0.39 is 5.97 Å². The van der Waals surface area contributed by atoms with Gasteiger partial charge in [-0.05, 0) is 60.4 Å². The SMILES string of the molecule is CC(C)(C)C1CCc2c(sc(NC(=O)c3ccc(N4CCOCC4)cc3)c2C(=O)O)C1. The molecular weight excluding hydrogens is 412 g/mol. The van der Waals surface area contributed by atoms with Crippen LogP contribution in [0, 0.1) is 11.3 Å². The van der Waals surface area contributed by atoms with Gasteiger partial charge in [-0.1, -0.05) is 20.8 Å². The zero-order valence-electron chi connectivity index (χ0n) is 18.4. The van der Waals surface area contributed by atoms with E-state index in [1.54, 1.807) is 12.1 Å². The van der Waals surface area contributed by atoms with Crippen LogP contribution in [0.4, 0.5) is 10.7 Å². The van der Waals surface area contributed by atoms with Crippen molar-refractivity contribution in [1.82, 2.24) is 0 Å². The highest BCUT2D eigenvalue weighted by Crippen LogP contribution is 2.44. The van der Waals surface area contributed by atoms with Crippen LogP contribution in [0.5, 0.6) is 0 Å². The van der Waals surface area contributed by atoms with Crippen LogP contribution in [0.3, 0.4) is 0 Å². The van der Waals surface area contributed by atoms with Gasteiger partial charge in [0.25, 0.3) is 5.91 Å². The number of aromatic carboxylic acids is 1. The van der Waals surface area contributed by atoms with E-state index >= 15 is 0 Å². The molecule has 1 unspecified atom stereocenters. The number of thiophene rings is 1. The van der Waals surface area contributed by atoms with Gasteiger partial charge in [-0.25, -0.2) is 4.79 Å². The number of carboxylic acid groups (broad SMARTS) is 1. The Balaban J connectivity index is 1.53. The summed E-state index contributed by atoms with van der Waals surface area (Å²) in [5.41, 5.74) is 2.93. The maximum absolute atomic E-state index is 12.9. The van der Waals surface area contributed by atoms with Gasteiger partial charge in [0.15, 0.2) is 0 Å². The molecule has 1 fully saturated rings. The van der Waals surface area contributed by atoms with Crippen molar-refractivity contribution in [2.24, 2.45) is 11.3 Å². The molecule has 0 spiro atoms. The molecule has 1 atom stereocenters. The lowest BCUT2D eigenvalue weighted by Gasteiger charge is -2.33. The fourth-order valence-corrected chi connectivity index (χ4v) is 5.77. The highest BCUT2D eigenvalue weighted by atomic mass is 32.1. The van der Waals surface area contributed by atoms with Crippen molar-refractivity contribution in [2.75, 3.05) is 36.5 Å². The van der Waals surface area contributed by atoms with Crippen LogP contribution in [0.1, 0.15) is 58.3 Å². The van der Waals surface area contributed by atoms with Crippen LogP contribution in [-0.4, -0.2) is 43.3 Å². The van der Waals surface area contributed by atoms with Gasteiger partial charge in [-0.15, -0.1) is 11.3 Å². The van der Waals surface area contributed by atoms with E-state index in [0.29, 0.717) is 29.7 Å². The van der Waals surface area contributed by atoms with Crippen molar-refractivity contribution in [3.63, 3.8) is 0 Å². The Hall–Kier alpha value is -2.38. The lowest BCUT2D eigenvalue weighted by atomic mass is 9.72. The van der Waals surface area contributed by atoms with Crippen molar-refractivity contribution in [3.8, 4) is 0 Å². The summed E-state index contributed by atoms with van der Waals surface area (Å²) < 4.78 is 5.39. The lowest BCUT2D eigenvalue weighted by molar-refractivity contribution is 0.0696. The number of hydrogen-bond acceptors (Lipinski definition) is 5. The van der Waals surface area contributed by atoms with Crippen molar-refractivity contribution >= 4 is 33.9 Å². The van der Waals surface area contributed by atoms with E-state index in [-0.39, 0.29) is 16.9 Å². The smallest absolute Gasteiger partial charge is 0.339 e. The molecule has 1 aromatic heterocycles. The summed E-state index contributed by atoms with van der Waals surface area (Å²) in [4.78, 5) is 28.2. The quantitative estimate of drug-likeness (QED) is 0.718. The van der Waals surface area contributed by atoms with Crippen LogP contribution >= 0.6 is 11.3 Å². The summed E-state index contributed by atoms with van der Waals surface area (Å²) in [6.45, 7) is 9.79. The highest BCUT2D eigenvalue weighted by Gasteiger charge is 2.34. The second-order valence-corrected chi connectivity index (χ2v) is 10.5. The Morgan fingerprint density at radius 1 is 1.16 bits per heavy atom. The molecule has 0 radical (unpaired) electrons. The first-order valence-electron chi connectivity index (χ1n) is 10.9. The Morgan fingerprint density at radius 3 is 2.45 bits per heavy atom. The number of benzene rings is 1. The Morgan fingerprint density at radius 2 is 1.84 bits per heavy atom. The summed E-state index contributed by atoms with van der Waals surface area (Å²) in [5, 5.41) is 13.2. The molecule has 1 amide bonds. The molecule has 166 valence electrons. The first kappa shape index (κ1) is 21.8. The molecule has 1 aliphatic carbocycles. The molecule has 1 aliphatic heterocycles. The molecule has 6 nitrogen and oxygen atoms in total. The van der Waals surface area contributed by atoms with E-state index in [4.69, 9.17) is 4.74 Å². The van der Waals surface area contributed by atoms with Crippen molar-refractivity contribution in [3.05, 3.63) is 45.8 Å². The van der Waals surface area contributed by atoms with Crippen LogP contribution < -0.4 is 10.2 Å². The van der Waals surface area contributed by atoms with Crippen LogP contribution in [-0.2, 0) is 17.6 Å². The average Bonchev–Trinajstić information content (AvgIpc) is 3.11. The van der Waals surface area contributed by atoms with E-state index in [2.05, 4.69) is 31.0 Å². The Kier molecular flexibility index (Phi) is 6.08. The Labute approximate surface area is 187 Å². The van der Waals surface area contributed by atoms with E-state index in [9.17, 15) is 14.7 Å². The first-order chi connectivity index (χ1) is 14.7.